The molecule has 0 saturated heterocycles. The molecule has 0 bridgehead atoms. The van der Waals surface area contributed by atoms with E-state index in [-0.39, 0.29) is 5.54 Å². The topological polar surface area (TPSA) is 7.12 Å². The van der Waals surface area contributed by atoms with Gasteiger partial charge < -0.3 is 4.90 Å². The number of pyridine rings is 1. The lowest BCUT2D eigenvalue weighted by Crippen LogP contribution is -2.61. The van der Waals surface area contributed by atoms with Gasteiger partial charge in [0.25, 0.3) is 0 Å². The summed E-state index contributed by atoms with van der Waals surface area (Å²) in [5, 5.41) is 5.57. The molecule has 3 heterocycles. The van der Waals surface area contributed by atoms with Gasteiger partial charge in [-0.05, 0) is 73.9 Å². The first-order chi connectivity index (χ1) is 24.9. The molecular formula is C48H45N2Si+. The van der Waals surface area contributed by atoms with Gasteiger partial charge in [0.2, 0.25) is 5.69 Å². The first-order valence-electron chi connectivity index (χ1n) is 18.6. The molecule has 0 amide bonds. The van der Waals surface area contributed by atoms with Crippen LogP contribution in [0.5, 0.6) is 0 Å². The van der Waals surface area contributed by atoms with Gasteiger partial charge in [0, 0.05) is 41.9 Å². The zero-order valence-corrected chi connectivity index (χ0v) is 31.3. The minimum Gasteiger partial charge on any atom is -0.311 e. The van der Waals surface area contributed by atoms with E-state index in [0.29, 0.717) is 5.92 Å². The fraction of sp³-hybridized carbons (Fsp3) is 0.188. The van der Waals surface area contributed by atoms with Crippen molar-refractivity contribution in [1.82, 2.24) is 0 Å². The van der Waals surface area contributed by atoms with Crippen molar-refractivity contribution in [3.05, 3.63) is 157 Å². The molecule has 1 atom stereocenters. The van der Waals surface area contributed by atoms with E-state index in [1.165, 1.54) is 77.3 Å². The minimum absolute atomic E-state index is 0.0233. The van der Waals surface area contributed by atoms with E-state index in [2.05, 4.69) is 195 Å². The summed E-state index contributed by atoms with van der Waals surface area (Å²) in [6, 6.07) is 54.7. The first kappa shape index (κ1) is 31.7. The highest BCUT2D eigenvalue weighted by Gasteiger charge is 2.50. The van der Waals surface area contributed by atoms with Crippen molar-refractivity contribution in [2.45, 2.75) is 58.2 Å². The summed E-state index contributed by atoms with van der Waals surface area (Å²) in [7, 11) is -2.14. The van der Waals surface area contributed by atoms with Crippen LogP contribution in [0.15, 0.2) is 152 Å². The Balaban J connectivity index is 1.30. The maximum absolute atomic E-state index is 2.64. The standard InChI is InChI=1S/C48H45N2Si/c1-6-48(7-2)33(3)40-25-24-39(32-42(40)47-41-21-15-14-20-36(41)28-29-49(47)48)50-43-26-22-37(34-16-10-8-11-17-34)30-45(43)51(4,5)46-31-38(23-27-44(46)50)35-18-12-9-13-19-35/h8-33H,6-7H2,1-5H3/q+1. The highest BCUT2D eigenvalue weighted by molar-refractivity contribution is 7.02. The fourth-order valence-corrected chi connectivity index (χ4v) is 12.5. The molecule has 0 N–H and O–H groups in total. The number of fused-ring (bicyclic) bond motifs is 7. The van der Waals surface area contributed by atoms with Crippen LogP contribution in [0.2, 0.25) is 13.1 Å². The maximum atomic E-state index is 2.64. The number of nitrogens with zero attached hydrogens (tertiary/aromatic N) is 2. The van der Waals surface area contributed by atoms with Crippen LogP contribution < -0.4 is 19.8 Å². The van der Waals surface area contributed by atoms with Crippen molar-refractivity contribution < 1.29 is 4.57 Å². The van der Waals surface area contributed by atoms with Gasteiger partial charge in [-0.15, -0.1) is 0 Å². The molecule has 0 saturated carbocycles. The second-order valence-corrected chi connectivity index (χ2v) is 19.4. The van der Waals surface area contributed by atoms with E-state index in [0.717, 1.165) is 12.8 Å². The molecule has 7 aromatic rings. The molecule has 0 aliphatic carbocycles. The number of rotatable bonds is 5. The predicted octanol–water partition coefficient (Wildman–Crippen LogP) is 11.4. The quantitative estimate of drug-likeness (QED) is 0.130. The summed E-state index contributed by atoms with van der Waals surface area (Å²) < 4.78 is 2.64. The Morgan fingerprint density at radius 1 is 0.608 bits per heavy atom. The van der Waals surface area contributed by atoms with Crippen LogP contribution in [0.4, 0.5) is 17.1 Å². The second kappa shape index (κ2) is 11.9. The average molecular weight is 678 g/mol. The fourth-order valence-electron chi connectivity index (χ4n) is 9.47. The monoisotopic (exact) mass is 677 g/mol. The van der Waals surface area contributed by atoms with Crippen molar-refractivity contribution in [3.8, 4) is 33.5 Å². The highest BCUT2D eigenvalue weighted by Crippen LogP contribution is 2.49. The first-order valence-corrected chi connectivity index (χ1v) is 21.6. The van der Waals surface area contributed by atoms with Gasteiger partial charge in [-0.2, -0.15) is 4.57 Å². The Hall–Kier alpha value is -5.25. The molecule has 0 spiro atoms. The van der Waals surface area contributed by atoms with Crippen molar-refractivity contribution in [3.63, 3.8) is 0 Å². The summed E-state index contributed by atoms with van der Waals surface area (Å²) >= 11 is 0. The average Bonchev–Trinajstić information content (AvgIpc) is 3.18. The van der Waals surface area contributed by atoms with Gasteiger partial charge in [0.1, 0.15) is 8.07 Å². The Labute approximate surface area is 303 Å². The van der Waals surface area contributed by atoms with Gasteiger partial charge in [-0.3, -0.25) is 0 Å². The summed E-state index contributed by atoms with van der Waals surface area (Å²) in [6.45, 7) is 12.3. The molecule has 9 rings (SSSR count). The lowest BCUT2D eigenvalue weighted by Gasteiger charge is -2.42. The maximum Gasteiger partial charge on any atom is 0.221 e. The highest BCUT2D eigenvalue weighted by atomic mass is 28.3. The smallest absolute Gasteiger partial charge is 0.221 e. The van der Waals surface area contributed by atoms with E-state index in [9.17, 15) is 0 Å². The molecule has 6 aromatic carbocycles. The summed E-state index contributed by atoms with van der Waals surface area (Å²) in [5.41, 5.74) is 13.1. The largest absolute Gasteiger partial charge is 0.311 e. The van der Waals surface area contributed by atoms with Crippen LogP contribution in [-0.4, -0.2) is 8.07 Å². The lowest BCUT2D eigenvalue weighted by atomic mass is 9.71. The van der Waals surface area contributed by atoms with Crippen LogP contribution in [0, 0.1) is 0 Å². The molecule has 0 radical (unpaired) electrons. The Bertz CT molecular complexity index is 2350. The summed E-state index contributed by atoms with van der Waals surface area (Å²) in [4.78, 5) is 2.56. The molecule has 0 fully saturated rings. The van der Waals surface area contributed by atoms with E-state index >= 15 is 0 Å². The van der Waals surface area contributed by atoms with Crippen molar-refractivity contribution in [1.29, 1.82) is 0 Å². The van der Waals surface area contributed by atoms with Crippen molar-refractivity contribution in [2.24, 2.45) is 0 Å². The normalized spacial score (nSPS) is 16.6. The predicted molar refractivity (Wildman–Crippen MR) is 219 cm³/mol. The summed E-state index contributed by atoms with van der Waals surface area (Å²) in [6.07, 6.45) is 4.54. The third-order valence-electron chi connectivity index (χ3n) is 12.4. The molecule has 51 heavy (non-hydrogen) atoms. The molecule has 1 unspecified atom stereocenters. The molecule has 1 aromatic heterocycles. The van der Waals surface area contributed by atoms with Crippen molar-refractivity contribution in [2.75, 3.05) is 4.90 Å². The number of hydrogen-bond donors (Lipinski definition) is 0. The second-order valence-electron chi connectivity index (χ2n) is 15.1. The van der Waals surface area contributed by atoms with Gasteiger partial charge >= 0.3 is 0 Å². The van der Waals surface area contributed by atoms with Gasteiger partial charge in [0.15, 0.2) is 11.7 Å². The van der Waals surface area contributed by atoms with Crippen LogP contribution in [-0.2, 0) is 5.54 Å². The lowest BCUT2D eigenvalue weighted by molar-refractivity contribution is -0.761. The van der Waals surface area contributed by atoms with Crippen LogP contribution in [0.3, 0.4) is 0 Å². The van der Waals surface area contributed by atoms with Gasteiger partial charge in [0.05, 0.1) is 10.9 Å². The third kappa shape index (κ3) is 4.71. The SMILES string of the molecule is CCC1(CC)C(C)c2ccc(N3c4ccc(-c5ccccc5)cc4[Si](C)(C)c4cc(-c5ccccc5)ccc43)cc2-c2c3ccccc3cc[n+]21. The van der Waals surface area contributed by atoms with E-state index in [1.54, 1.807) is 0 Å². The molecule has 2 nitrogen and oxygen atoms in total. The van der Waals surface area contributed by atoms with E-state index < -0.39 is 8.07 Å². The van der Waals surface area contributed by atoms with Crippen molar-refractivity contribution >= 4 is 46.3 Å². The Morgan fingerprint density at radius 2 is 1.18 bits per heavy atom. The Kier molecular flexibility index (Phi) is 7.41. The molecule has 2 aliphatic heterocycles. The molecule has 250 valence electrons. The number of hydrogen-bond acceptors (Lipinski definition) is 1. The zero-order chi connectivity index (χ0) is 34.9. The third-order valence-corrected chi connectivity index (χ3v) is 15.9. The molecular weight excluding hydrogens is 633 g/mol. The van der Waals surface area contributed by atoms with Crippen LogP contribution in [0.1, 0.15) is 45.1 Å². The minimum atomic E-state index is -2.14. The van der Waals surface area contributed by atoms with Crippen LogP contribution >= 0.6 is 0 Å². The van der Waals surface area contributed by atoms with Crippen LogP contribution in [0.25, 0.3) is 44.3 Å². The zero-order valence-electron chi connectivity index (χ0n) is 30.3. The molecule has 3 heteroatoms. The van der Waals surface area contributed by atoms with Gasteiger partial charge in [-0.1, -0.05) is 143 Å². The van der Waals surface area contributed by atoms with Gasteiger partial charge in [-0.25, -0.2) is 0 Å². The number of anilines is 3. The van der Waals surface area contributed by atoms with E-state index in [1.807, 2.05) is 0 Å². The number of aromatic nitrogens is 1. The van der Waals surface area contributed by atoms with E-state index in [4.69, 9.17) is 0 Å². The Morgan fingerprint density at radius 3 is 1.76 bits per heavy atom. The molecule has 2 aliphatic rings. The number of benzene rings is 6. The summed E-state index contributed by atoms with van der Waals surface area (Å²) in [5.74, 6) is 0.379.